The average molecular weight is 213 g/mol. The molecule has 1 amide bonds. The van der Waals surface area contributed by atoms with Gasteiger partial charge in [-0.25, -0.2) is 0 Å². The molecular weight excluding hydrogens is 198 g/mol. The lowest BCUT2D eigenvalue weighted by molar-refractivity contribution is -0.130. The van der Waals surface area contributed by atoms with E-state index >= 15 is 0 Å². The zero-order valence-corrected chi connectivity index (χ0v) is 9.39. The quantitative estimate of drug-likeness (QED) is 0.785. The van der Waals surface area contributed by atoms with E-state index in [-0.39, 0.29) is 11.4 Å². The summed E-state index contributed by atoms with van der Waals surface area (Å²) in [4.78, 5) is 12.2. The van der Waals surface area contributed by atoms with Gasteiger partial charge in [0.1, 0.15) is 0 Å². The van der Waals surface area contributed by atoms with Crippen molar-refractivity contribution in [2.75, 3.05) is 0 Å². The second-order valence-corrected chi connectivity index (χ2v) is 5.14. The van der Waals surface area contributed by atoms with E-state index < -0.39 is 6.10 Å². The first kappa shape index (κ1) is 11.2. The molecular formula is C10H15NO2S. The van der Waals surface area contributed by atoms with E-state index in [4.69, 9.17) is 0 Å². The van der Waals surface area contributed by atoms with Crippen molar-refractivity contribution in [1.29, 1.82) is 0 Å². The van der Waals surface area contributed by atoms with E-state index in [1.807, 2.05) is 32.2 Å². The second kappa shape index (κ2) is 4.11. The summed E-state index contributed by atoms with van der Waals surface area (Å²) in [7, 11) is 0. The predicted octanol–water partition coefficient (Wildman–Crippen LogP) is 1.70. The summed E-state index contributed by atoms with van der Waals surface area (Å²) < 4.78 is 0. The van der Waals surface area contributed by atoms with Crippen molar-refractivity contribution in [3.63, 3.8) is 0 Å². The minimum atomic E-state index is -1.05. The highest BCUT2D eigenvalue weighted by Gasteiger charge is 2.22. The van der Waals surface area contributed by atoms with Crippen LogP contribution in [0.25, 0.3) is 0 Å². The molecule has 0 saturated heterocycles. The fraction of sp³-hybridized carbons (Fsp3) is 0.500. The maximum Gasteiger partial charge on any atom is 0.254 e. The molecule has 1 heterocycles. The Morgan fingerprint density at radius 3 is 2.64 bits per heavy atom. The third-order valence-electron chi connectivity index (χ3n) is 1.56. The lowest BCUT2D eigenvalue weighted by atomic mass is 10.1. The van der Waals surface area contributed by atoms with Gasteiger partial charge in [0.15, 0.2) is 6.10 Å². The van der Waals surface area contributed by atoms with Gasteiger partial charge in [-0.3, -0.25) is 4.79 Å². The van der Waals surface area contributed by atoms with E-state index in [0.29, 0.717) is 4.88 Å². The number of amides is 1. The van der Waals surface area contributed by atoms with Crippen LogP contribution in [0.4, 0.5) is 0 Å². The molecule has 0 fully saturated rings. The van der Waals surface area contributed by atoms with Crippen molar-refractivity contribution in [2.45, 2.75) is 32.4 Å². The van der Waals surface area contributed by atoms with Crippen molar-refractivity contribution in [2.24, 2.45) is 0 Å². The summed E-state index contributed by atoms with van der Waals surface area (Å²) in [5, 5.41) is 14.2. The van der Waals surface area contributed by atoms with Gasteiger partial charge < -0.3 is 10.4 Å². The first-order valence-electron chi connectivity index (χ1n) is 4.43. The normalized spacial score (nSPS) is 13.7. The number of aliphatic hydroxyl groups excluding tert-OH is 1. The van der Waals surface area contributed by atoms with Crippen molar-refractivity contribution in [3.8, 4) is 0 Å². The van der Waals surface area contributed by atoms with Crippen LogP contribution in [0.15, 0.2) is 17.5 Å². The molecule has 0 saturated carbocycles. The summed E-state index contributed by atoms with van der Waals surface area (Å²) in [5.74, 6) is -0.347. The summed E-state index contributed by atoms with van der Waals surface area (Å²) in [5.41, 5.74) is -0.310. The van der Waals surface area contributed by atoms with E-state index in [0.717, 1.165) is 0 Å². The number of thiophene rings is 1. The highest BCUT2D eigenvalue weighted by atomic mass is 32.1. The van der Waals surface area contributed by atoms with Crippen LogP contribution in [0, 0.1) is 0 Å². The molecule has 0 spiro atoms. The zero-order chi connectivity index (χ0) is 10.8. The van der Waals surface area contributed by atoms with Crippen LogP contribution < -0.4 is 5.32 Å². The van der Waals surface area contributed by atoms with Gasteiger partial charge in [0, 0.05) is 10.4 Å². The third-order valence-corrected chi connectivity index (χ3v) is 2.48. The summed E-state index contributed by atoms with van der Waals surface area (Å²) in [6.45, 7) is 5.64. The Balaban J connectivity index is 2.63. The molecule has 1 rings (SSSR count). The number of hydrogen-bond donors (Lipinski definition) is 2. The zero-order valence-electron chi connectivity index (χ0n) is 8.57. The maximum absolute atomic E-state index is 11.5. The highest BCUT2D eigenvalue weighted by Crippen LogP contribution is 2.19. The summed E-state index contributed by atoms with van der Waals surface area (Å²) in [6.07, 6.45) is -1.05. The van der Waals surface area contributed by atoms with Gasteiger partial charge in [0.25, 0.3) is 5.91 Å². The van der Waals surface area contributed by atoms with Crippen molar-refractivity contribution >= 4 is 17.2 Å². The summed E-state index contributed by atoms with van der Waals surface area (Å²) in [6, 6.07) is 3.56. The van der Waals surface area contributed by atoms with Gasteiger partial charge in [-0.05, 0) is 32.2 Å². The van der Waals surface area contributed by atoms with Gasteiger partial charge in [-0.2, -0.15) is 0 Å². The first-order chi connectivity index (χ1) is 6.40. The number of nitrogens with one attached hydrogen (secondary N) is 1. The Kier molecular flexibility index (Phi) is 3.29. The minimum Gasteiger partial charge on any atom is -0.378 e. The van der Waals surface area contributed by atoms with Crippen LogP contribution in [0.5, 0.6) is 0 Å². The fourth-order valence-electron chi connectivity index (χ4n) is 1.01. The van der Waals surface area contributed by atoms with E-state index in [1.165, 1.54) is 11.3 Å². The molecule has 0 aliphatic heterocycles. The molecule has 1 aromatic heterocycles. The third kappa shape index (κ3) is 3.12. The Morgan fingerprint density at radius 1 is 1.57 bits per heavy atom. The molecule has 3 nitrogen and oxygen atoms in total. The van der Waals surface area contributed by atoms with E-state index in [2.05, 4.69) is 5.32 Å². The highest BCUT2D eigenvalue weighted by molar-refractivity contribution is 7.10. The van der Waals surface area contributed by atoms with Crippen LogP contribution in [0.3, 0.4) is 0 Å². The topological polar surface area (TPSA) is 49.3 Å². The molecule has 0 aromatic carbocycles. The van der Waals surface area contributed by atoms with Crippen LogP contribution in [-0.2, 0) is 4.79 Å². The van der Waals surface area contributed by atoms with Crippen LogP contribution >= 0.6 is 11.3 Å². The number of carbonyl (C=O) groups is 1. The molecule has 1 aromatic rings. The van der Waals surface area contributed by atoms with Crippen LogP contribution in [-0.4, -0.2) is 16.6 Å². The number of hydrogen-bond acceptors (Lipinski definition) is 3. The molecule has 1 atom stereocenters. The van der Waals surface area contributed by atoms with E-state index in [9.17, 15) is 9.90 Å². The molecule has 0 unspecified atom stereocenters. The average Bonchev–Trinajstić information content (AvgIpc) is 2.51. The van der Waals surface area contributed by atoms with Gasteiger partial charge in [0.05, 0.1) is 0 Å². The Morgan fingerprint density at radius 2 is 2.21 bits per heavy atom. The van der Waals surface area contributed by atoms with Gasteiger partial charge in [-0.15, -0.1) is 11.3 Å². The number of aliphatic hydroxyl groups is 1. The first-order valence-corrected chi connectivity index (χ1v) is 5.31. The lowest BCUT2D eigenvalue weighted by Crippen LogP contribution is -2.43. The van der Waals surface area contributed by atoms with Gasteiger partial charge in [0.2, 0.25) is 0 Å². The molecule has 78 valence electrons. The lowest BCUT2D eigenvalue weighted by Gasteiger charge is -2.22. The van der Waals surface area contributed by atoms with Gasteiger partial charge in [-0.1, -0.05) is 6.07 Å². The second-order valence-electron chi connectivity index (χ2n) is 4.16. The predicted molar refractivity (Wildman–Crippen MR) is 57.2 cm³/mol. The molecule has 0 bridgehead atoms. The molecule has 0 aliphatic rings. The SMILES string of the molecule is CC(C)(C)NC(=O)[C@@H](O)c1cccs1. The van der Waals surface area contributed by atoms with Gasteiger partial charge >= 0.3 is 0 Å². The monoisotopic (exact) mass is 213 g/mol. The van der Waals surface area contributed by atoms with Crippen LogP contribution in [0.1, 0.15) is 31.8 Å². The Bertz CT molecular complexity index is 300. The largest absolute Gasteiger partial charge is 0.378 e. The Labute approximate surface area is 87.8 Å². The van der Waals surface area contributed by atoms with Crippen molar-refractivity contribution < 1.29 is 9.90 Å². The number of rotatable bonds is 2. The van der Waals surface area contributed by atoms with Crippen molar-refractivity contribution in [3.05, 3.63) is 22.4 Å². The molecule has 0 aliphatic carbocycles. The molecule has 14 heavy (non-hydrogen) atoms. The van der Waals surface area contributed by atoms with Crippen molar-refractivity contribution in [1.82, 2.24) is 5.32 Å². The van der Waals surface area contributed by atoms with E-state index in [1.54, 1.807) is 6.07 Å². The molecule has 0 radical (unpaired) electrons. The minimum absolute atomic E-state index is 0.310. The maximum atomic E-state index is 11.5. The number of carbonyl (C=O) groups excluding carboxylic acids is 1. The molecule has 4 heteroatoms. The fourth-order valence-corrected chi connectivity index (χ4v) is 1.72. The summed E-state index contributed by atoms with van der Waals surface area (Å²) >= 11 is 1.37. The molecule has 2 N–H and O–H groups in total. The van der Waals surface area contributed by atoms with Crippen LogP contribution in [0.2, 0.25) is 0 Å². The smallest absolute Gasteiger partial charge is 0.254 e. The standard InChI is InChI=1S/C10H15NO2S/c1-10(2,3)11-9(13)8(12)7-5-4-6-14-7/h4-6,8,12H,1-3H3,(H,11,13)/t8-/m0/s1. The Hall–Kier alpha value is -0.870.